The number of nitrogens with one attached hydrogen (secondary N) is 1. The third-order valence-corrected chi connectivity index (χ3v) is 2.96. The van der Waals surface area contributed by atoms with Gasteiger partial charge in [-0.2, -0.15) is 9.61 Å². The van der Waals surface area contributed by atoms with E-state index in [4.69, 9.17) is 5.73 Å². The monoisotopic (exact) mass is 253 g/mol. The summed E-state index contributed by atoms with van der Waals surface area (Å²) in [6.07, 6.45) is 2.63. The van der Waals surface area contributed by atoms with E-state index in [1.165, 1.54) is 0 Å². The average molecular weight is 253 g/mol. The molecule has 3 N–H and O–H groups in total. The van der Waals surface area contributed by atoms with Gasteiger partial charge in [-0.05, 0) is 30.7 Å². The second-order valence-electron chi connectivity index (χ2n) is 4.33. The Morgan fingerprint density at radius 3 is 2.74 bits per heavy atom. The number of aromatic nitrogens is 3. The van der Waals surface area contributed by atoms with Gasteiger partial charge in [0.25, 0.3) is 0 Å². The number of hydrogen-bond donors (Lipinski definition) is 2. The molecule has 0 saturated heterocycles. The van der Waals surface area contributed by atoms with E-state index in [0.717, 1.165) is 35.0 Å². The molecule has 2 aromatic heterocycles. The standard InChI is InChI=1S/C14H15N5/c1-2-11-9-14(19-13(17-11)7-8-16-19)18-12-5-3-10(15)4-6-12/h3-9,18H,2,15H2,1H3. The zero-order chi connectivity index (χ0) is 13.2. The van der Waals surface area contributed by atoms with Crippen LogP contribution in [0.15, 0.2) is 42.6 Å². The highest BCUT2D eigenvalue weighted by atomic mass is 15.3. The first-order chi connectivity index (χ1) is 9.26. The summed E-state index contributed by atoms with van der Waals surface area (Å²) in [4.78, 5) is 4.51. The highest BCUT2D eigenvalue weighted by Gasteiger charge is 2.05. The summed E-state index contributed by atoms with van der Waals surface area (Å²) in [7, 11) is 0. The molecule has 0 aliphatic rings. The SMILES string of the molecule is CCc1cc(Nc2ccc(N)cc2)n2nccc2n1. The van der Waals surface area contributed by atoms with Crippen LogP contribution in [-0.4, -0.2) is 14.6 Å². The molecular formula is C14H15N5. The maximum atomic E-state index is 5.68. The quantitative estimate of drug-likeness (QED) is 0.704. The summed E-state index contributed by atoms with van der Waals surface area (Å²) in [5.41, 5.74) is 9.28. The Balaban J connectivity index is 2.03. The van der Waals surface area contributed by atoms with Gasteiger partial charge in [-0.1, -0.05) is 6.92 Å². The lowest BCUT2D eigenvalue weighted by Gasteiger charge is -2.10. The molecule has 96 valence electrons. The number of aryl methyl sites for hydroxylation is 1. The van der Waals surface area contributed by atoms with Gasteiger partial charge in [0.2, 0.25) is 0 Å². The molecule has 1 aromatic carbocycles. The minimum absolute atomic E-state index is 0.749. The molecule has 3 rings (SSSR count). The third-order valence-electron chi connectivity index (χ3n) is 2.96. The van der Waals surface area contributed by atoms with Gasteiger partial charge in [0.15, 0.2) is 5.65 Å². The molecule has 0 fully saturated rings. The Morgan fingerprint density at radius 2 is 2.00 bits per heavy atom. The van der Waals surface area contributed by atoms with Crippen molar-refractivity contribution < 1.29 is 0 Å². The van der Waals surface area contributed by atoms with E-state index in [9.17, 15) is 0 Å². The van der Waals surface area contributed by atoms with E-state index in [1.807, 2.05) is 36.4 Å². The van der Waals surface area contributed by atoms with Crippen LogP contribution in [-0.2, 0) is 6.42 Å². The molecule has 5 nitrogen and oxygen atoms in total. The summed E-state index contributed by atoms with van der Waals surface area (Å²) in [6.45, 7) is 2.09. The van der Waals surface area contributed by atoms with E-state index in [0.29, 0.717) is 0 Å². The molecule has 0 unspecified atom stereocenters. The number of nitrogens with two attached hydrogens (primary N) is 1. The highest BCUT2D eigenvalue weighted by molar-refractivity contribution is 5.61. The first-order valence-corrected chi connectivity index (χ1v) is 6.22. The van der Waals surface area contributed by atoms with Crippen molar-refractivity contribution in [3.8, 4) is 0 Å². The summed E-state index contributed by atoms with van der Waals surface area (Å²) in [6, 6.07) is 11.5. The minimum Gasteiger partial charge on any atom is -0.399 e. The second-order valence-corrected chi connectivity index (χ2v) is 4.33. The normalized spacial score (nSPS) is 10.8. The van der Waals surface area contributed by atoms with E-state index in [1.54, 1.807) is 10.7 Å². The molecule has 0 atom stereocenters. The predicted molar refractivity (Wildman–Crippen MR) is 76.5 cm³/mol. The van der Waals surface area contributed by atoms with Crippen molar-refractivity contribution in [3.05, 3.63) is 48.3 Å². The molecular weight excluding hydrogens is 238 g/mol. The molecule has 3 aromatic rings. The van der Waals surface area contributed by atoms with Gasteiger partial charge in [-0.15, -0.1) is 0 Å². The van der Waals surface area contributed by atoms with E-state index in [-0.39, 0.29) is 0 Å². The zero-order valence-electron chi connectivity index (χ0n) is 10.7. The van der Waals surface area contributed by atoms with Crippen LogP contribution >= 0.6 is 0 Å². The number of nitrogen functional groups attached to an aromatic ring is 1. The molecule has 0 bridgehead atoms. The van der Waals surface area contributed by atoms with Gasteiger partial charge in [0.1, 0.15) is 5.82 Å². The molecule has 0 aliphatic carbocycles. The van der Waals surface area contributed by atoms with Crippen molar-refractivity contribution in [2.75, 3.05) is 11.1 Å². The number of anilines is 3. The molecule has 0 amide bonds. The number of hydrogen-bond acceptors (Lipinski definition) is 4. The third kappa shape index (κ3) is 2.22. The van der Waals surface area contributed by atoms with Gasteiger partial charge in [0, 0.05) is 29.2 Å². The van der Waals surface area contributed by atoms with Crippen molar-refractivity contribution in [2.45, 2.75) is 13.3 Å². The second kappa shape index (κ2) is 4.61. The lowest BCUT2D eigenvalue weighted by molar-refractivity contribution is 0.920. The van der Waals surface area contributed by atoms with Crippen LogP contribution in [0.5, 0.6) is 0 Å². The zero-order valence-corrected chi connectivity index (χ0v) is 10.7. The van der Waals surface area contributed by atoms with Crippen molar-refractivity contribution >= 4 is 22.8 Å². The Bertz CT molecular complexity index is 699. The maximum absolute atomic E-state index is 5.68. The van der Waals surface area contributed by atoms with Crippen molar-refractivity contribution in [1.29, 1.82) is 0 Å². The van der Waals surface area contributed by atoms with Crippen LogP contribution < -0.4 is 11.1 Å². The number of fused-ring (bicyclic) bond motifs is 1. The largest absolute Gasteiger partial charge is 0.399 e. The summed E-state index contributed by atoms with van der Waals surface area (Å²) in [5.74, 6) is 0.900. The highest BCUT2D eigenvalue weighted by Crippen LogP contribution is 2.19. The van der Waals surface area contributed by atoms with Crippen LogP contribution in [0, 0.1) is 0 Å². The smallest absolute Gasteiger partial charge is 0.157 e. The minimum atomic E-state index is 0.749. The van der Waals surface area contributed by atoms with Gasteiger partial charge in [0.05, 0.1) is 6.20 Å². The van der Waals surface area contributed by atoms with Crippen molar-refractivity contribution in [1.82, 2.24) is 14.6 Å². The Hall–Kier alpha value is -2.56. The van der Waals surface area contributed by atoms with Crippen LogP contribution in [0.1, 0.15) is 12.6 Å². The summed E-state index contributed by atoms with van der Waals surface area (Å²) >= 11 is 0. The molecule has 0 spiro atoms. The average Bonchev–Trinajstić information content (AvgIpc) is 2.89. The van der Waals surface area contributed by atoms with Crippen molar-refractivity contribution in [2.24, 2.45) is 0 Å². The summed E-state index contributed by atoms with van der Waals surface area (Å²) < 4.78 is 1.79. The fourth-order valence-corrected chi connectivity index (χ4v) is 1.95. The van der Waals surface area contributed by atoms with E-state index in [2.05, 4.69) is 22.3 Å². The number of nitrogens with zero attached hydrogens (tertiary/aromatic N) is 3. The Labute approximate surface area is 111 Å². The van der Waals surface area contributed by atoms with Crippen LogP contribution in [0.4, 0.5) is 17.2 Å². The number of rotatable bonds is 3. The van der Waals surface area contributed by atoms with Gasteiger partial charge < -0.3 is 11.1 Å². The van der Waals surface area contributed by atoms with Crippen molar-refractivity contribution in [3.63, 3.8) is 0 Å². The lowest BCUT2D eigenvalue weighted by Crippen LogP contribution is -2.03. The van der Waals surface area contributed by atoms with Gasteiger partial charge >= 0.3 is 0 Å². The van der Waals surface area contributed by atoms with E-state index >= 15 is 0 Å². The number of benzene rings is 1. The van der Waals surface area contributed by atoms with Crippen LogP contribution in [0.3, 0.4) is 0 Å². The van der Waals surface area contributed by atoms with Gasteiger partial charge in [-0.25, -0.2) is 4.98 Å². The van der Waals surface area contributed by atoms with Gasteiger partial charge in [-0.3, -0.25) is 0 Å². The molecule has 2 heterocycles. The summed E-state index contributed by atoms with van der Waals surface area (Å²) in [5, 5.41) is 7.61. The molecule has 5 heteroatoms. The molecule has 0 saturated carbocycles. The van der Waals surface area contributed by atoms with Crippen LogP contribution in [0.2, 0.25) is 0 Å². The van der Waals surface area contributed by atoms with Crippen LogP contribution in [0.25, 0.3) is 5.65 Å². The predicted octanol–water partition coefficient (Wildman–Crippen LogP) is 2.62. The Kier molecular flexibility index (Phi) is 2.79. The maximum Gasteiger partial charge on any atom is 0.157 e. The fourth-order valence-electron chi connectivity index (χ4n) is 1.95. The first kappa shape index (κ1) is 11.5. The fraction of sp³-hybridized carbons (Fsp3) is 0.143. The van der Waals surface area contributed by atoms with E-state index < -0.39 is 0 Å². The molecule has 0 aliphatic heterocycles. The molecule has 19 heavy (non-hydrogen) atoms. The molecule has 0 radical (unpaired) electrons. The lowest BCUT2D eigenvalue weighted by atomic mass is 10.2. The Morgan fingerprint density at radius 1 is 1.21 bits per heavy atom. The topological polar surface area (TPSA) is 68.2 Å². The first-order valence-electron chi connectivity index (χ1n) is 6.22.